The molecule has 1 aromatic heterocycles. The zero-order valence-corrected chi connectivity index (χ0v) is 13.9. The first kappa shape index (κ1) is 17.6. The van der Waals surface area contributed by atoms with Gasteiger partial charge in [-0.05, 0) is 18.6 Å². The van der Waals surface area contributed by atoms with Gasteiger partial charge in [0.25, 0.3) is 0 Å². The molecule has 0 aliphatic rings. The van der Waals surface area contributed by atoms with Gasteiger partial charge >= 0.3 is 6.09 Å². The summed E-state index contributed by atoms with van der Waals surface area (Å²) in [6, 6.07) is 2.47. The van der Waals surface area contributed by atoms with Gasteiger partial charge in [0.1, 0.15) is 12.1 Å². The Morgan fingerprint density at radius 2 is 2.30 bits per heavy atom. The number of alkyl carbamates (subject to hydrolysis) is 1. The van der Waals surface area contributed by atoms with Gasteiger partial charge in [-0.3, -0.25) is 0 Å². The van der Waals surface area contributed by atoms with Crippen molar-refractivity contribution in [2.24, 2.45) is 0 Å². The zero-order chi connectivity index (χ0) is 17.0. The second-order valence-electron chi connectivity index (χ2n) is 4.78. The monoisotopic (exact) mass is 358 g/mol. The van der Waals surface area contributed by atoms with Crippen LogP contribution < -0.4 is 5.32 Å². The number of hydrogen-bond donors (Lipinski definition) is 2. The number of aliphatic hydroxyl groups is 1. The van der Waals surface area contributed by atoms with E-state index in [0.717, 1.165) is 0 Å². The third-order valence-corrected chi connectivity index (χ3v) is 3.63. The summed E-state index contributed by atoms with van der Waals surface area (Å²) >= 11 is 11.9. The standard InChI is InChI=1S/C15H16Cl2N2O4/c1-3-5-22-15(21)19-10(4-2)12(20)14-18-11-7-8(16)6-9(17)13(11)23-14/h3,6-7,10,12,20H,1,4-5H2,2H3,(H,19,21)/t10-,12?/m0/s1. The minimum Gasteiger partial charge on any atom is -0.445 e. The lowest BCUT2D eigenvalue weighted by Gasteiger charge is -2.20. The fraction of sp³-hybridized carbons (Fsp3) is 0.333. The molecule has 0 bridgehead atoms. The number of amides is 1. The number of carbonyl (C=O) groups is 1. The number of halogens is 2. The summed E-state index contributed by atoms with van der Waals surface area (Å²) < 4.78 is 10.3. The van der Waals surface area contributed by atoms with Crippen molar-refractivity contribution in [3.05, 3.63) is 40.7 Å². The summed E-state index contributed by atoms with van der Waals surface area (Å²) in [6.07, 6.45) is 0.0765. The Bertz CT molecular complexity index is 717. The first-order chi connectivity index (χ1) is 11.0. The molecule has 2 rings (SSSR count). The van der Waals surface area contributed by atoms with Crippen molar-refractivity contribution in [1.29, 1.82) is 0 Å². The number of aromatic nitrogens is 1. The smallest absolute Gasteiger partial charge is 0.407 e. The second-order valence-corrected chi connectivity index (χ2v) is 5.62. The van der Waals surface area contributed by atoms with Gasteiger partial charge in [0.05, 0.1) is 11.1 Å². The third kappa shape index (κ3) is 4.16. The number of aliphatic hydroxyl groups excluding tert-OH is 1. The highest BCUT2D eigenvalue weighted by Gasteiger charge is 2.27. The molecule has 0 fully saturated rings. The largest absolute Gasteiger partial charge is 0.445 e. The predicted octanol–water partition coefficient (Wildman–Crippen LogP) is 3.86. The van der Waals surface area contributed by atoms with E-state index in [9.17, 15) is 9.90 Å². The van der Waals surface area contributed by atoms with Crippen LogP contribution in [0.3, 0.4) is 0 Å². The maximum absolute atomic E-state index is 11.6. The average Bonchev–Trinajstić information content (AvgIpc) is 2.94. The van der Waals surface area contributed by atoms with Crippen LogP contribution in [0.4, 0.5) is 4.79 Å². The van der Waals surface area contributed by atoms with E-state index in [1.54, 1.807) is 13.0 Å². The SMILES string of the molecule is C=CCOC(=O)N[C@@H](CC)C(O)c1nc2cc(Cl)cc(Cl)c2o1. The van der Waals surface area contributed by atoms with E-state index in [1.165, 1.54) is 12.1 Å². The minimum absolute atomic E-state index is 0.0417. The number of hydrogen-bond acceptors (Lipinski definition) is 5. The van der Waals surface area contributed by atoms with Gasteiger partial charge in [-0.25, -0.2) is 9.78 Å². The molecule has 0 aliphatic carbocycles. The Hall–Kier alpha value is -1.76. The molecule has 2 atom stereocenters. The quantitative estimate of drug-likeness (QED) is 0.765. The van der Waals surface area contributed by atoms with Crippen LogP contribution in [0.15, 0.2) is 29.2 Å². The van der Waals surface area contributed by atoms with Crippen molar-refractivity contribution in [2.75, 3.05) is 6.61 Å². The second kappa shape index (κ2) is 7.68. The Labute approximate surface area is 143 Å². The summed E-state index contributed by atoms with van der Waals surface area (Å²) in [5.41, 5.74) is 0.759. The first-order valence-corrected chi connectivity index (χ1v) is 7.69. The Morgan fingerprint density at radius 1 is 1.57 bits per heavy atom. The number of ether oxygens (including phenoxy) is 1. The van der Waals surface area contributed by atoms with Crippen molar-refractivity contribution in [1.82, 2.24) is 10.3 Å². The maximum Gasteiger partial charge on any atom is 0.407 e. The highest BCUT2D eigenvalue weighted by atomic mass is 35.5. The van der Waals surface area contributed by atoms with E-state index in [1.807, 2.05) is 0 Å². The molecule has 6 nitrogen and oxygen atoms in total. The lowest BCUT2D eigenvalue weighted by Crippen LogP contribution is -2.39. The number of nitrogens with one attached hydrogen (secondary N) is 1. The Balaban J connectivity index is 2.20. The summed E-state index contributed by atoms with van der Waals surface area (Å²) in [5, 5.41) is 13.7. The van der Waals surface area contributed by atoms with Crippen LogP contribution >= 0.6 is 23.2 Å². The molecule has 124 valence electrons. The third-order valence-electron chi connectivity index (χ3n) is 3.14. The van der Waals surface area contributed by atoms with E-state index in [4.69, 9.17) is 32.4 Å². The molecule has 2 aromatic rings. The summed E-state index contributed by atoms with van der Waals surface area (Å²) in [5.74, 6) is 0.0417. The van der Waals surface area contributed by atoms with Crippen molar-refractivity contribution < 1.29 is 19.1 Å². The van der Waals surface area contributed by atoms with E-state index >= 15 is 0 Å². The van der Waals surface area contributed by atoms with Gasteiger partial charge in [0.15, 0.2) is 11.7 Å². The molecule has 1 amide bonds. The maximum atomic E-state index is 11.6. The van der Waals surface area contributed by atoms with Crippen LogP contribution in [0, 0.1) is 0 Å². The van der Waals surface area contributed by atoms with Crippen molar-refractivity contribution in [3.63, 3.8) is 0 Å². The predicted molar refractivity (Wildman–Crippen MR) is 87.7 cm³/mol. The molecule has 23 heavy (non-hydrogen) atoms. The summed E-state index contributed by atoms with van der Waals surface area (Å²) in [4.78, 5) is 15.8. The minimum atomic E-state index is -1.15. The molecule has 0 saturated carbocycles. The van der Waals surface area contributed by atoms with Gasteiger partial charge in [-0.15, -0.1) is 0 Å². The van der Waals surface area contributed by atoms with Crippen molar-refractivity contribution in [3.8, 4) is 0 Å². The van der Waals surface area contributed by atoms with Gasteiger partial charge in [-0.1, -0.05) is 42.8 Å². The molecule has 1 aromatic carbocycles. The van der Waals surface area contributed by atoms with Crippen LogP contribution in [0.25, 0.3) is 11.1 Å². The fourth-order valence-electron chi connectivity index (χ4n) is 2.01. The fourth-order valence-corrected chi connectivity index (χ4v) is 2.53. The lowest BCUT2D eigenvalue weighted by molar-refractivity contribution is 0.0896. The highest BCUT2D eigenvalue weighted by Crippen LogP contribution is 2.31. The molecule has 0 saturated heterocycles. The van der Waals surface area contributed by atoms with E-state index in [0.29, 0.717) is 27.6 Å². The van der Waals surface area contributed by atoms with Crippen LogP contribution in [0.2, 0.25) is 10.0 Å². The number of carbonyl (C=O) groups excluding carboxylic acids is 1. The van der Waals surface area contributed by atoms with Crippen molar-refractivity contribution >= 4 is 40.4 Å². The molecular formula is C15H16Cl2N2O4. The molecule has 2 N–H and O–H groups in total. The van der Waals surface area contributed by atoms with Gasteiger partial charge < -0.3 is 19.6 Å². The Kier molecular flexibility index (Phi) is 5.87. The van der Waals surface area contributed by atoms with Gasteiger partial charge in [0, 0.05) is 5.02 Å². The molecule has 0 aliphatic heterocycles. The average molecular weight is 359 g/mol. The molecule has 8 heteroatoms. The molecule has 0 radical (unpaired) electrons. The van der Waals surface area contributed by atoms with Crippen LogP contribution in [0.1, 0.15) is 25.3 Å². The number of rotatable bonds is 6. The number of fused-ring (bicyclic) bond motifs is 1. The van der Waals surface area contributed by atoms with E-state index in [-0.39, 0.29) is 12.5 Å². The Morgan fingerprint density at radius 3 is 2.96 bits per heavy atom. The lowest BCUT2D eigenvalue weighted by atomic mass is 10.1. The van der Waals surface area contributed by atoms with Crippen LogP contribution in [-0.2, 0) is 4.74 Å². The number of nitrogens with zero attached hydrogens (tertiary/aromatic N) is 1. The van der Waals surface area contributed by atoms with Crippen LogP contribution in [-0.4, -0.2) is 28.8 Å². The van der Waals surface area contributed by atoms with Crippen LogP contribution in [0.5, 0.6) is 0 Å². The molecular weight excluding hydrogens is 343 g/mol. The zero-order valence-electron chi connectivity index (χ0n) is 12.4. The topological polar surface area (TPSA) is 84.6 Å². The van der Waals surface area contributed by atoms with E-state index in [2.05, 4.69) is 16.9 Å². The summed E-state index contributed by atoms with van der Waals surface area (Å²) in [7, 11) is 0. The highest BCUT2D eigenvalue weighted by molar-refractivity contribution is 6.37. The first-order valence-electron chi connectivity index (χ1n) is 6.94. The van der Waals surface area contributed by atoms with Gasteiger partial charge in [0.2, 0.25) is 5.89 Å². The number of oxazole rings is 1. The van der Waals surface area contributed by atoms with E-state index < -0.39 is 18.2 Å². The van der Waals surface area contributed by atoms with Gasteiger partial charge in [-0.2, -0.15) is 0 Å². The van der Waals surface area contributed by atoms with Crippen molar-refractivity contribution in [2.45, 2.75) is 25.5 Å². The molecule has 1 heterocycles. The number of benzene rings is 1. The molecule has 0 spiro atoms. The summed E-state index contributed by atoms with van der Waals surface area (Å²) in [6.45, 7) is 5.33. The normalized spacial score (nSPS) is 13.6. The molecule has 1 unspecified atom stereocenters.